The predicted octanol–water partition coefficient (Wildman–Crippen LogP) is 2.95. The summed E-state index contributed by atoms with van der Waals surface area (Å²) in [5.74, 6) is 0. The normalized spacial score (nSPS) is 10.5. The highest BCUT2D eigenvalue weighted by atomic mass is 32.1. The minimum atomic E-state index is -0.215. The molecule has 0 spiro atoms. The Morgan fingerprint density at radius 3 is 3.16 bits per heavy atom. The summed E-state index contributed by atoms with van der Waals surface area (Å²) < 4.78 is 0. The van der Waals surface area contributed by atoms with Crippen LogP contribution < -0.4 is 10.6 Å². The van der Waals surface area contributed by atoms with Gasteiger partial charge in [0.2, 0.25) is 0 Å². The van der Waals surface area contributed by atoms with Gasteiger partial charge in [-0.05, 0) is 29.6 Å². The number of nitrogens with zero attached hydrogens (tertiary/aromatic N) is 1. The van der Waals surface area contributed by atoms with Crippen molar-refractivity contribution in [1.29, 1.82) is 0 Å². The minimum Gasteiger partial charge on any atom is -0.333 e. The van der Waals surface area contributed by atoms with E-state index in [1.165, 1.54) is 0 Å². The zero-order valence-corrected chi connectivity index (χ0v) is 10.8. The highest BCUT2D eigenvalue weighted by Gasteiger charge is 2.03. The number of anilines is 1. The van der Waals surface area contributed by atoms with Crippen molar-refractivity contribution in [3.63, 3.8) is 0 Å². The summed E-state index contributed by atoms with van der Waals surface area (Å²) in [5.41, 5.74) is 1.64. The summed E-state index contributed by atoms with van der Waals surface area (Å²) in [4.78, 5) is 12.9. The molecule has 0 aliphatic carbocycles. The Labute approximate surface area is 113 Å². The zero-order chi connectivity index (χ0) is 13.1. The molecule has 3 rings (SSSR count). The van der Waals surface area contributed by atoms with Crippen LogP contribution in [0.5, 0.6) is 0 Å². The summed E-state index contributed by atoms with van der Waals surface area (Å²) in [7, 11) is 0. The lowest BCUT2D eigenvalue weighted by Crippen LogP contribution is -2.27. The molecule has 6 heteroatoms. The van der Waals surface area contributed by atoms with E-state index >= 15 is 0 Å². The molecule has 96 valence electrons. The largest absolute Gasteiger partial charge is 0.333 e. The molecule has 0 unspecified atom stereocenters. The molecular formula is C13H12N4OS. The SMILES string of the molecule is O=C(NCc1cccs1)Nc1ccc2cn[nH]c2c1. The van der Waals surface area contributed by atoms with Crippen LogP contribution in [0.15, 0.2) is 41.9 Å². The van der Waals surface area contributed by atoms with Gasteiger partial charge >= 0.3 is 6.03 Å². The quantitative estimate of drug-likeness (QED) is 0.686. The maximum atomic E-state index is 11.7. The number of benzene rings is 1. The van der Waals surface area contributed by atoms with Crippen molar-refractivity contribution in [3.05, 3.63) is 46.8 Å². The van der Waals surface area contributed by atoms with Crippen molar-refractivity contribution in [3.8, 4) is 0 Å². The number of H-pyrrole nitrogens is 1. The van der Waals surface area contributed by atoms with Gasteiger partial charge in [0.25, 0.3) is 0 Å². The maximum Gasteiger partial charge on any atom is 0.319 e. The van der Waals surface area contributed by atoms with Gasteiger partial charge in [-0.25, -0.2) is 4.79 Å². The first-order valence-electron chi connectivity index (χ1n) is 5.81. The Bertz CT molecular complexity index is 690. The Morgan fingerprint density at radius 2 is 2.32 bits per heavy atom. The Kier molecular flexibility index (Phi) is 3.16. The highest BCUT2D eigenvalue weighted by Crippen LogP contribution is 2.16. The lowest BCUT2D eigenvalue weighted by molar-refractivity contribution is 0.252. The lowest BCUT2D eigenvalue weighted by Gasteiger charge is -2.06. The smallest absolute Gasteiger partial charge is 0.319 e. The fraction of sp³-hybridized carbons (Fsp3) is 0.0769. The van der Waals surface area contributed by atoms with Gasteiger partial charge in [-0.3, -0.25) is 5.10 Å². The van der Waals surface area contributed by atoms with E-state index in [4.69, 9.17) is 0 Å². The average Bonchev–Trinajstić information content (AvgIpc) is 3.07. The van der Waals surface area contributed by atoms with Gasteiger partial charge in [0.05, 0.1) is 18.3 Å². The standard InChI is InChI=1S/C13H12N4OS/c18-13(14-8-11-2-1-5-19-11)16-10-4-3-9-7-15-17-12(9)6-10/h1-7H,8H2,(H,15,17)(H2,14,16,18). The number of amides is 2. The van der Waals surface area contributed by atoms with E-state index < -0.39 is 0 Å². The molecule has 0 aliphatic heterocycles. The number of urea groups is 1. The van der Waals surface area contributed by atoms with Crippen LogP contribution in [0.25, 0.3) is 10.9 Å². The molecule has 0 atom stereocenters. The number of aromatic nitrogens is 2. The topological polar surface area (TPSA) is 69.8 Å². The maximum absolute atomic E-state index is 11.7. The van der Waals surface area contributed by atoms with Crippen molar-refractivity contribution in [2.75, 3.05) is 5.32 Å². The fourth-order valence-corrected chi connectivity index (χ4v) is 2.42. The third-order valence-electron chi connectivity index (χ3n) is 2.70. The van der Waals surface area contributed by atoms with Crippen LogP contribution in [-0.2, 0) is 6.54 Å². The van der Waals surface area contributed by atoms with Gasteiger partial charge in [0.15, 0.2) is 0 Å². The van der Waals surface area contributed by atoms with Gasteiger partial charge in [0.1, 0.15) is 0 Å². The van der Waals surface area contributed by atoms with E-state index in [0.717, 1.165) is 21.5 Å². The second-order valence-electron chi connectivity index (χ2n) is 4.06. The molecule has 2 amide bonds. The molecule has 0 bridgehead atoms. The number of carbonyl (C=O) groups excluding carboxylic acids is 1. The van der Waals surface area contributed by atoms with Crippen molar-refractivity contribution in [2.45, 2.75) is 6.54 Å². The molecule has 0 saturated carbocycles. The zero-order valence-electron chi connectivity index (χ0n) is 10.0. The Morgan fingerprint density at radius 1 is 1.37 bits per heavy atom. The van der Waals surface area contributed by atoms with Gasteiger partial charge in [-0.2, -0.15) is 5.10 Å². The van der Waals surface area contributed by atoms with Crippen LogP contribution >= 0.6 is 11.3 Å². The number of hydrogen-bond donors (Lipinski definition) is 3. The first kappa shape index (κ1) is 11.7. The first-order chi connectivity index (χ1) is 9.31. The molecule has 3 aromatic rings. The van der Waals surface area contributed by atoms with Gasteiger partial charge in [-0.1, -0.05) is 6.07 Å². The van der Waals surface area contributed by atoms with Crippen LogP contribution in [0.2, 0.25) is 0 Å². The molecule has 2 heterocycles. The Hall–Kier alpha value is -2.34. The number of carbonyl (C=O) groups is 1. The summed E-state index contributed by atoms with van der Waals surface area (Å²) >= 11 is 1.62. The second kappa shape index (κ2) is 5.11. The number of rotatable bonds is 3. The summed E-state index contributed by atoms with van der Waals surface area (Å²) in [6.07, 6.45) is 1.75. The number of thiophene rings is 1. The molecule has 3 N–H and O–H groups in total. The van der Waals surface area contributed by atoms with Crippen LogP contribution in [0.4, 0.5) is 10.5 Å². The van der Waals surface area contributed by atoms with E-state index in [2.05, 4.69) is 20.8 Å². The number of nitrogens with one attached hydrogen (secondary N) is 3. The Balaban J connectivity index is 1.62. The number of fused-ring (bicyclic) bond motifs is 1. The van der Waals surface area contributed by atoms with Crippen LogP contribution in [0, 0.1) is 0 Å². The molecule has 19 heavy (non-hydrogen) atoms. The molecule has 0 saturated heterocycles. The molecular weight excluding hydrogens is 260 g/mol. The molecule has 0 fully saturated rings. The van der Waals surface area contributed by atoms with E-state index in [1.807, 2.05) is 35.7 Å². The third-order valence-corrected chi connectivity index (χ3v) is 3.58. The third kappa shape index (κ3) is 2.74. The van der Waals surface area contributed by atoms with E-state index in [1.54, 1.807) is 17.5 Å². The van der Waals surface area contributed by atoms with Gasteiger partial charge < -0.3 is 10.6 Å². The van der Waals surface area contributed by atoms with Crippen molar-refractivity contribution >= 4 is 34.0 Å². The fourth-order valence-electron chi connectivity index (χ4n) is 1.77. The van der Waals surface area contributed by atoms with Crippen molar-refractivity contribution in [1.82, 2.24) is 15.5 Å². The van der Waals surface area contributed by atoms with Crippen molar-refractivity contribution in [2.24, 2.45) is 0 Å². The highest BCUT2D eigenvalue weighted by molar-refractivity contribution is 7.09. The summed E-state index contributed by atoms with van der Waals surface area (Å²) in [5, 5.41) is 15.4. The first-order valence-corrected chi connectivity index (χ1v) is 6.69. The van der Waals surface area contributed by atoms with Crippen LogP contribution in [0.3, 0.4) is 0 Å². The predicted molar refractivity (Wildman–Crippen MR) is 76.3 cm³/mol. The van der Waals surface area contributed by atoms with Gasteiger partial charge in [-0.15, -0.1) is 11.3 Å². The summed E-state index contributed by atoms with van der Waals surface area (Å²) in [6.45, 7) is 0.538. The van der Waals surface area contributed by atoms with E-state index in [9.17, 15) is 4.79 Å². The second-order valence-corrected chi connectivity index (χ2v) is 5.09. The molecule has 1 aromatic carbocycles. The van der Waals surface area contributed by atoms with E-state index in [0.29, 0.717) is 6.54 Å². The molecule has 0 aliphatic rings. The van der Waals surface area contributed by atoms with Gasteiger partial charge in [0, 0.05) is 16.0 Å². The lowest BCUT2D eigenvalue weighted by atomic mass is 10.2. The minimum absolute atomic E-state index is 0.215. The summed E-state index contributed by atoms with van der Waals surface area (Å²) in [6, 6.07) is 9.35. The van der Waals surface area contributed by atoms with Crippen molar-refractivity contribution < 1.29 is 4.79 Å². The monoisotopic (exact) mass is 272 g/mol. The average molecular weight is 272 g/mol. The number of aromatic amines is 1. The van der Waals surface area contributed by atoms with Crippen LogP contribution in [-0.4, -0.2) is 16.2 Å². The molecule has 0 radical (unpaired) electrons. The number of hydrogen-bond acceptors (Lipinski definition) is 3. The molecule has 5 nitrogen and oxygen atoms in total. The van der Waals surface area contributed by atoms with Crippen LogP contribution in [0.1, 0.15) is 4.88 Å². The molecule has 2 aromatic heterocycles. The van der Waals surface area contributed by atoms with E-state index in [-0.39, 0.29) is 6.03 Å².